The van der Waals surface area contributed by atoms with Crippen molar-refractivity contribution in [3.8, 4) is 22.5 Å². The van der Waals surface area contributed by atoms with E-state index in [1.54, 1.807) is 6.92 Å². The molecule has 0 fully saturated rings. The second-order valence-corrected chi connectivity index (χ2v) is 9.71. The number of nitro groups is 1. The zero-order valence-electron chi connectivity index (χ0n) is 26.9. The average molecular weight is 697 g/mol. The molecule has 0 aliphatic heterocycles. The van der Waals surface area contributed by atoms with E-state index in [-0.39, 0.29) is 69.6 Å². The minimum atomic E-state index is -1.01. The van der Waals surface area contributed by atoms with Crippen LogP contribution in [0.4, 0.5) is 31.5 Å². The molecule has 0 aliphatic carbocycles. The van der Waals surface area contributed by atoms with Gasteiger partial charge in [-0.2, -0.15) is 0 Å². The molecule has 0 radical (unpaired) electrons. The summed E-state index contributed by atoms with van der Waals surface area (Å²) < 4.78 is 46.5. The fourth-order valence-corrected chi connectivity index (χ4v) is 4.30. The van der Waals surface area contributed by atoms with Crippen LogP contribution in [0.2, 0.25) is 0 Å². The Kier molecular flexibility index (Phi) is 12.4. The average Bonchev–Trinajstić information content (AvgIpc) is 3.09. The number of halogens is 2. The van der Waals surface area contributed by atoms with Gasteiger partial charge in [0, 0.05) is 17.2 Å². The highest BCUT2D eigenvalue weighted by atomic mass is 19.1. The highest BCUT2D eigenvalue weighted by Gasteiger charge is 2.26. The number of ether oxygens (including phenoxy) is 4. The van der Waals surface area contributed by atoms with Crippen molar-refractivity contribution in [2.75, 3.05) is 44.6 Å². The number of methoxy groups -OCH3 is 2. The fraction of sp³-hybridized carbons (Fsp3) is 0.188. The first-order chi connectivity index (χ1) is 23.7. The number of carbonyl (C=O) groups excluding carboxylic acids is 4. The summed E-state index contributed by atoms with van der Waals surface area (Å²) in [4.78, 5) is 65.5. The molecule has 0 spiro atoms. The smallest absolute Gasteiger partial charge is 0.364 e. The first kappa shape index (κ1) is 37.7. The Hall–Kier alpha value is -6.72. The van der Waals surface area contributed by atoms with Gasteiger partial charge in [-0.1, -0.05) is 0 Å². The van der Waals surface area contributed by atoms with Crippen LogP contribution in [0.3, 0.4) is 0 Å². The molecule has 0 atom stereocenters. The van der Waals surface area contributed by atoms with Crippen molar-refractivity contribution in [2.45, 2.75) is 13.8 Å². The molecule has 0 aliphatic rings. The van der Waals surface area contributed by atoms with E-state index in [0.717, 1.165) is 44.6 Å². The lowest BCUT2D eigenvalue weighted by Crippen LogP contribution is -2.12. The molecular formula is C32H30F2N6O10. The second-order valence-electron chi connectivity index (χ2n) is 9.71. The van der Waals surface area contributed by atoms with Crippen LogP contribution in [0, 0.1) is 21.7 Å². The lowest BCUT2D eigenvalue weighted by Gasteiger charge is -2.12. The largest absolute Gasteiger partial charge is 0.465 e. The number of nitrogen functional groups attached to an aromatic ring is 3. The van der Waals surface area contributed by atoms with E-state index < -0.39 is 51.8 Å². The molecule has 18 heteroatoms. The van der Waals surface area contributed by atoms with Gasteiger partial charge in [0.25, 0.3) is 0 Å². The van der Waals surface area contributed by atoms with Crippen molar-refractivity contribution in [1.29, 1.82) is 0 Å². The third-order valence-electron chi connectivity index (χ3n) is 6.59. The van der Waals surface area contributed by atoms with Crippen LogP contribution in [0.1, 0.15) is 55.5 Å². The summed E-state index contributed by atoms with van der Waals surface area (Å²) in [7, 11) is 2.27. The molecule has 16 nitrogen and oxygen atoms in total. The highest BCUT2D eigenvalue weighted by Crippen LogP contribution is 2.32. The van der Waals surface area contributed by atoms with Crippen molar-refractivity contribution in [1.82, 2.24) is 9.97 Å². The number of esters is 4. The van der Waals surface area contributed by atoms with Crippen LogP contribution in [0.25, 0.3) is 22.5 Å². The molecule has 0 amide bonds. The summed E-state index contributed by atoms with van der Waals surface area (Å²) >= 11 is 0. The van der Waals surface area contributed by atoms with E-state index in [9.17, 15) is 38.1 Å². The van der Waals surface area contributed by atoms with Crippen molar-refractivity contribution < 1.29 is 51.8 Å². The maximum atomic E-state index is 13.9. The second kappa shape index (κ2) is 16.4. The zero-order chi connectivity index (χ0) is 37.3. The van der Waals surface area contributed by atoms with E-state index in [1.165, 1.54) is 25.1 Å². The van der Waals surface area contributed by atoms with Crippen molar-refractivity contribution in [2.24, 2.45) is 0 Å². The number of nitrogens with two attached hydrogens (primary N) is 3. The topological polar surface area (TPSA) is 252 Å². The Morgan fingerprint density at radius 3 is 1.54 bits per heavy atom. The van der Waals surface area contributed by atoms with Crippen molar-refractivity contribution in [3.63, 3.8) is 0 Å². The summed E-state index contributed by atoms with van der Waals surface area (Å²) in [6.07, 6.45) is 0. The lowest BCUT2D eigenvalue weighted by molar-refractivity contribution is -0.385. The predicted molar refractivity (Wildman–Crippen MR) is 174 cm³/mol. The lowest BCUT2D eigenvalue weighted by atomic mass is 10.0. The Labute approximate surface area is 282 Å². The molecule has 0 bridgehead atoms. The minimum Gasteiger partial charge on any atom is -0.465 e. The van der Waals surface area contributed by atoms with E-state index in [4.69, 9.17) is 26.7 Å². The number of rotatable bonds is 9. The summed E-state index contributed by atoms with van der Waals surface area (Å²) in [6, 6.07) is 9.06. The molecule has 2 heterocycles. The third kappa shape index (κ3) is 8.40. The summed E-state index contributed by atoms with van der Waals surface area (Å²) in [5, 5.41) is 11.1. The van der Waals surface area contributed by atoms with Crippen LogP contribution in [-0.4, -0.2) is 66.2 Å². The van der Waals surface area contributed by atoms with Gasteiger partial charge in [-0.15, -0.1) is 0 Å². The summed E-state index contributed by atoms with van der Waals surface area (Å²) in [5.74, 6) is -4.86. The van der Waals surface area contributed by atoms with Crippen LogP contribution in [0.15, 0.2) is 48.5 Å². The van der Waals surface area contributed by atoms with Crippen LogP contribution >= 0.6 is 0 Å². The minimum absolute atomic E-state index is 0.0174. The van der Waals surface area contributed by atoms with Gasteiger partial charge in [0.15, 0.2) is 5.69 Å². The number of hydrogen-bond donors (Lipinski definition) is 3. The van der Waals surface area contributed by atoms with Gasteiger partial charge >= 0.3 is 29.6 Å². The highest BCUT2D eigenvalue weighted by molar-refractivity contribution is 6.01. The third-order valence-corrected chi connectivity index (χ3v) is 6.59. The van der Waals surface area contributed by atoms with Crippen LogP contribution < -0.4 is 17.2 Å². The quantitative estimate of drug-likeness (QED) is 0.0723. The van der Waals surface area contributed by atoms with Gasteiger partial charge < -0.3 is 36.1 Å². The number of nitrogens with zero attached hydrogens (tertiary/aromatic N) is 3. The normalized spacial score (nSPS) is 10.3. The monoisotopic (exact) mass is 696 g/mol. The van der Waals surface area contributed by atoms with E-state index in [0.29, 0.717) is 0 Å². The van der Waals surface area contributed by atoms with Gasteiger partial charge in [0.1, 0.15) is 11.6 Å². The van der Waals surface area contributed by atoms with Gasteiger partial charge in [-0.3, -0.25) is 10.1 Å². The first-order valence-corrected chi connectivity index (χ1v) is 14.3. The van der Waals surface area contributed by atoms with Crippen LogP contribution in [-0.2, 0) is 18.9 Å². The fourth-order valence-electron chi connectivity index (χ4n) is 4.30. The maximum absolute atomic E-state index is 13.9. The Morgan fingerprint density at radius 1 is 0.700 bits per heavy atom. The SMILES string of the molecule is CCOC(=O)c1nc(-c2cc(F)cc(C(=O)OC)c2N)ccc1N.CCOC(=O)c1nc(-c2cc(F)cc(C(=O)OC)c2N)ccc1[N+](=O)[O-]. The standard InChI is InChI=1S/C16H14FN3O6.C16H16FN3O4/c1-3-26-16(22)14-12(20(23)24)5-4-11(19-14)9-6-8(17)7-10(13(9)18)15(21)25-2;1-3-24-16(22)14-11(18)4-5-12(20-14)9-6-8(17)7-10(13(9)19)15(21)23-2/h4-7H,3,18H2,1-2H3;4-7H,3,18-19H2,1-2H3. The molecule has 262 valence electrons. The Bertz CT molecular complexity index is 1990. The molecule has 50 heavy (non-hydrogen) atoms. The van der Waals surface area contributed by atoms with Gasteiger partial charge in [-0.25, -0.2) is 37.9 Å². The number of pyridine rings is 2. The van der Waals surface area contributed by atoms with E-state index in [2.05, 4.69) is 19.4 Å². The number of carbonyl (C=O) groups is 4. The number of hydrogen-bond acceptors (Lipinski definition) is 15. The zero-order valence-corrected chi connectivity index (χ0v) is 26.9. The molecule has 4 aromatic rings. The molecule has 0 saturated carbocycles. The molecule has 2 aromatic heterocycles. The first-order valence-electron chi connectivity index (χ1n) is 14.3. The van der Waals surface area contributed by atoms with Crippen LogP contribution in [0.5, 0.6) is 0 Å². The van der Waals surface area contributed by atoms with Gasteiger partial charge in [-0.05, 0) is 56.3 Å². The Morgan fingerprint density at radius 2 is 1.12 bits per heavy atom. The number of benzene rings is 2. The van der Waals surface area contributed by atoms with Gasteiger partial charge in [0.05, 0.1) is 71.9 Å². The number of aromatic nitrogens is 2. The molecule has 0 unspecified atom stereocenters. The van der Waals surface area contributed by atoms with Gasteiger partial charge in [0.2, 0.25) is 5.69 Å². The van der Waals surface area contributed by atoms with Crippen molar-refractivity contribution in [3.05, 3.63) is 92.8 Å². The molecular weight excluding hydrogens is 666 g/mol. The van der Waals surface area contributed by atoms with E-state index >= 15 is 0 Å². The Balaban J connectivity index is 0.000000271. The predicted octanol–water partition coefficient (Wildman–Crippen LogP) is 4.36. The molecule has 0 saturated heterocycles. The molecule has 6 N–H and O–H groups in total. The van der Waals surface area contributed by atoms with E-state index in [1.807, 2.05) is 0 Å². The molecule has 2 aromatic carbocycles. The summed E-state index contributed by atoms with van der Waals surface area (Å²) in [6.45, 7) is 3.31. The molecule has 4 rings (SSSR count). The maximum Gasteiger partial charge on any atom is 0.364 e. The summed E-state index contributed by atoms with van der Waals surface area (Å²) in [5.41, 5.74) is 16.1. The number of anilines is 3. The van der Waals surface area contributed by atoms with Crippen molar-refractivity contribution >= 4 is 46.6 Å².